The van der Waals surface area contributed by atoms with Crippen molar-refractivity contribution >= 4 is 17.8 Å². The fraction of sp³-hybridized carbons (Fsp3) is 0.348. The van der Waals surface area contributed by atoms with Gasteiger partial charge in [0.15, 0.2) is 0 Å². The van der Waals surface area contributed by atoms with Crippen molar-refractivity contribution in [2.45, 2.75) is 32.4 Å². The van der Waals surface area contributed by atoms with Gasteiger partial charge in [-0.05, 0) is 11.5 Å². The largest absolute Gasteiger partial charge is 0.446 e. The third-order valence-electron chi connectivity index (χ3n) is 4.45. The second-order valence-corrected chi connectivity index (χ2v) is 7.41. The summed E-state index contributed by atoms with van der Waals surface area (Å²) in [6.45, 7) is 3.64. The number of amides is 2. The molecule has 0 fully saturated rings. The van der Waals surface area contributed by atoms with Gasteiger partial charge in [-0.1, -0.05) is 74.5 Å². The smallest absolute Gasteiger partial charge is 0.330 e. The molecule has 2 atom stereocenters. The molecule has 29 heavy (non-hydrogen) atoms. The number of rotatable bonds is 8. The number of esters is 1. The van der Waals surface area contributed by atoms with Crippen LogP contribution in [0, 0.1) is 5.92 Å². The van der Waals surface area contributed by atoms with E-state index >= 15 is 0 Å². The van der Waals surface area contributed by atoms with Crippen LogP contribution in [0.5, 0.6) is 0 Å². The lowest BCUT2D eigenvalue weighted by Crippen LogP contribution is -2.47. The summed E-state index contributed by atoms with van der Waals surface area (Å²) in [6, 6.07) is 17.3. The van der Waals surface area contributed by atoms with Gasteiger partial charge in [-0.2, -0.15) is 0 Å². The Balaban J connectivity index is 2.13. The fourth-order valence-corrected chi connectivity index (χ4v) is 2.82. The van der Waals surface area contributed by atoms with Crippen molar-refractivity contribution in [3.8, 4) is 0 Å². The first-order valence-electron chi connectivity index (χ1n) is 9.59. The number of hydrogen-bond acceptors (Lipinski definition) is 4. The van der Waals surface area contributed by atoms with E-state index in [1.807, 2.05) is 50.2 Å². The van der Waals surface area contributed by atoms with Gasteiger partial charge in [0.1, 0.15) is 6.04 Å². The molecule has 2 amide bonds. The maximum atomic E-state index is 12.9. The molecule has 2 rings (SSSR count). The Morgan fingerprint density at radius 3 is 2.00 bits per heavy atom. The van der Waals surface area contributed by atoms with Crippen molar-refractivity contribution in [3.05, 3.63) is 71.8 Å². The van der Waals surface area contributed by atoms with Crippen LogP contribution in [0.15, 0.2) is 60.7 Å². The molecule has 0 unspecified atom stereocenters. The van der Waals surface area contributed by atoms with Crippen LogP contribution in [-0.2, 0) is 25.5 Å². The molecule has 6 heteroatoms. The number of nitrogens with zero attached hydrogens (tertiary/aromatic N) is 1. The molecule has 0 spiro atoms. The van der Waals surface area contributed by atoms with Crippen LogP contribution in [-0.4, -0.2) is 42.8 Å². The lowest BCUT2D eigenvalue weighted by Gasteiger charge is -2.26. The molecule has 2 aromatic rings. The van der Waals surface area contributed by atoms with E-state index in [9.17, 15) is 14.4 Å². The first kappa shape index (κ1) is 22.1. The summed E-state index contributed by atoms with van der Waals surface area (Å²) in [5.74, 6) is -1.46. The molecule has 6 nitrogen and oxygen atoms in total. The maximum Gasteiger partial charge on any atom is 0.330 e. The van der Waals surface area contributed by atoms with Gasteiger partial charge < -0.3 is 15.0 Å². The minimum Gasteiger partial charge on any atom is -0.446 e. The van der Waals surface area contributed by atoms with E-state index in [1.54, 1.807) is 38.4 Å². The van der Waals surface area contributed by atoms with Crippen LogP contribution in [0.25, 0.3) is 0 Å². The minimum atomic E-state index is -1.06. The van der Waals surface area contributed by atoms with E-state index in [0.717, 1.165) is 5.56 Å². The summed E-state index contributed by atoms with van der Waals surface area (Å²) < 4.78 is 5.59. The van der Waals surface area contributed by atoms with E-state index in [4.69, 9.17) is 4.74 Å². The van der Waals surface area contributed by atoms with Crippen LogP contribution in [0.4, 0.5) is 0 Å². The summed E-state index contributed by atoms with van der Waals surface area (Å²) in [5, 5.41) is 2.75. The highest BCUT2D eigenvalue weighted by atomic mass is 16.5. The number of ether oxygens (including phenoxy) is 1. The second kappa shape index (κ2) is 10.4. The van der Waals surface area contributed by atoms with E-state index in [1.165, 1.54) is 4.90 Å². The Hall–Kier alpha value is -3.15. The number of carbonyl (C=O) groups excluding carboxylic acids is 3. The third-order valence-corrected chi connectivity index (χ3v) is 4.45. The van der Waals surface area contributed by atoms with Crippen LogP contribution >= 0.6 is 0 Å². The molecular weight excluding hydrogens is 368 g/mol. The second-order valence-electron chi connectivity index (χ2n) is 7.41. The van der Waals surface area contributed by atoms with Crippen LogP contribution in [0.3, 0.4) is 0 Å². The molecule has 1 N–H and O–H groups in total. The van der Waals surface area contributed by atoms with Gasteiger partial charge in [-0.3, -0.25) is 9.59 Å². The quantitative estimate of drug-likeness (QED) is 0.696. The van der Waals surface area contributed by atoms with Gasteiger partial charge in [-0.15, -0.1) is 0 Å². The standard InChI is InChI=1S/C23H28N2O4/c1-16(2)20(24-19(26)15-17-11-7-5-8-12-17)23(28)29-21(22(27)25(3)4)18-13-9-6-10-14-18/h5-14,16,20-21H,15H2,1-4H3,(H,24,26)/t20-,21+/m0/s1. The Bertz CT molecular complexity index is 819. The zero-order valence-corrected chi connectivity index (χ0v) is 17.3. The molecule has 0 aromatic heterocycles. The lowest BCUT2D eigenvalue weighted by molar-refractivity contribution is -0.163. The number of carbonyl (C=O) groups is 3. The van der Waals surface area contributed by atoms with E-state index in [-0.39, 0.29) is 24.2 Å². The van der Waals surface area contributed by atoms with Crippen LogP contribution in [0.2, 0.25) is 0 Å². The van der Waals surface area contributed by atoms with Crippen molar-refractivity contribution in [2.24, 2.45) is 5.92 Å². The molecular formula is C23H28N2O4. The van der Waals surface area contributed by atoms with E-state index in [0.29, 0.717) is 5.56 Å². The third kappa shape index (κ3) is 6.45. The zero-order valence-electron chi connectivity index (χ0n) is 17.3. The Labute approximate surface area is 171 Å². The van der Waals surface area contributed by atoms with Crippen molar-refractivity contribution in [3.63, 3.8) is 0 Å². The summed E-state index contributed by atoms with van der Waals surface area (Å²) in [4.78, 5) is 39.3. The normalized spacial score (nSPS) is 12.7. The molecule has 0 aliphatic rings. The Morgan fingerprint density at radius 1 is 0.931 bits per heavy atom. The van der Waals surface area contributed by atoms with Gasteiger partial charge in [0.05, 0.1) is 6.42 Å². The molecule has 0 saturated heterocycles. The van der Waals surface area contributed by atoms with Gasteiger partial charge in [0.2, 0.25) is 12.0 Å². The van der Waals surface area contributed by atoms with Crippen molar-refractivity contribution in [1.29, 1.82) is 0 Å². The predicted molar refractivity (Wildman–Crippen MR) is 111 cm³/mol. The van der Waals surface area contributed by atoms with E-state index < -0.39 is 18.1 Å². The number of nitrogens with one attached hydrogen (secondary N) is 1. The zero-order chi connectivity index (χ0) is 21.4. The molecule has 0 heterocycles. The highest BCUT2D eigenvalue weighted by molar-refractivity contribution is 5.89. The highest BCUT2D eigenvalue weighted by Crippen LogP contribution is 2.21. The molecule has 0 saturated carbocycles. The SMILES string of the molecule is CC(C)[C@H](NC(=O)Cc1ccccc1)C(=O)O[C@@H](C(=O)N(C)C)c1ccccc1. The molecule has 0 aliphatic heterocycles. The first-order valence-corrected chi connectivity index (χ1v) is 9.59. The summed E-state index contributed by atoms with van der Waals surface area (Å²) >= 11 is 0. The van der Waals surface area contributed by atoms with Gasteiger partial charge in [0, 0.05) is 19.7 Å². The highest BCUT2D eigenvalue weighted by Gasteiger charge is 2.32. The average Bonchev–Trinajstić information content (AvgIpc) is 2.70. The fourth-order valence-electron chi connectivity index (χ4n) is 2.82. The molecule has 0 radical (unpaired) electrons. The average molecular weight is 396 g/mol. The van der Waals surface area contributed by atoms with Gasteiger partial charge >= 0.3 is 5.97 Å². The molecule has 2 aromatic carbocycles. The molecule has 0 bridgehead atoms. The van der Waals surface area contributed by atoms with Crippen molar-refractivity contribution < 1.29 is 19.1 Å². The maximum absolute atomic E-state index is 12.9. The Kier molecular flexibility index (Phi) is 7.95. The van der Waals surface area contributed by atoms with Crippen molar-refractivity contribution in [1.82, 2.24) is 10.2 Å². The van der Waals surface area contributed by atoms with E-state index in [2.05, 4.69) is 5.32 Å². The molecule has 154 valence electrons. The minimum absolute atomic E-state index is 0.163. The lowest BCUT2D eigenvalue weighted by atomic mass is 10.0. The topological polar surface area (TPSA) is 75.7 Å². The van der Waals surface area contributed by atoms with Crippen LogP contribution in [0.1, 0.15) is 31.1 Å². The first-order chi connectivity index (χ1) is 13.8. The number of hydrogen-bond donors (Lipinski definition) is 1. The Morgan fingerprint density at radius 2 is 1.48 bits per heavy atom. The predicted octanol–water partition coefficient (Wildman–Crippen LogP) is 2.74. The summed E-state index contributed by atoms with van der Waals surface area (Å²) in [7, 11) is 3.21. The number of likely N-dealkylation sites (N-methyl/N-ethyl adjacent to an activating group) is 1. The number of benzene rings is 2. The van der Waals surface area contributed by atoms with Gasteiger partial charge in [0.25, 0.3) is 5.91 Å². The van der Waals surface area contributed by atoms with Crippen LogP contribution < -0.4 is 5.32 Å². The molecule has 0 aliphatic carbocycles. The monoisotopic (exact) mass is 396 g/mol. The van der Waals surface area contributed by atoms with Crippen molar-refractivity contribution in [2.75, 3.05) is 14.1 Å². The summed E-state index contributed by atoms with van der Waals surface area (Å²) in [5.41, 5.74) is 1.43. The summed E-state index contributed by atoms with van der Waals surface area (Å²) in [6.07, 6.45) is -0.901. The van der Waals surface area contributed by atoms with Gasteiger partial charge in [-0.25, -0.2) is 4.79 Å².